The molecule has 2 atom stereocenters. The molecule has 0 spiro atoms. The van der Waals surface area contributed by atoms with Crippen molar-refractivity contribution in [2.24, 2.45) is 23.7 Å². The molecule has 1 aromatic rings. The molecule has 0 radical (unpaired) electrons. The van der Waals surface area contributed by atoms with Crippen LogP contribution in [-0.2, 0) is 11.2 Å². The third kappa shape index (κ3) is 2.05. The van der Waals surface area contributed by atoms with Gasteiger partial charge in [0.25, 0.3) is 0 Å². The average Bonchev–Trinajstić information content (AvgIpc) is 3.16. The third-order valence-electron chi connectivity index (χ3n) is 5.97. The number of aryl methyl sites for hydroxylation is 1. The summed E-state index contributed by atoms with van der Waals surface area (Å²) in [6.45, 7) is 2.08. The SMILES string of the molecule is O=C(CCc1cn[nH]c1)N1C[C@@H]2C3CCC(CC3)[C@@H]2C1. The number of nitrogens with zero attached hydrogens (tertiary/aromatic N) is 2. The lowest BCUT2D eigenvalue weighted by molar-refractivity contribution is -0.130. The van der Waals surface area contributed by atoms with E-state index in [0.29, 0.717) is 12.3 Å². The summed E-state index contributed by atoms with van der Waals surface area (Å²) in [5, 5.41) is 6.74. The number of likely N-dealkylation sites (tertiary alicyclic amines) is 1. The molecule has 3 aliphatic carbocycles. The van der Waals surface area contributed by atoms with E-state index in [4.69, 9.17) is 0 Å². The van der Waals surface area contributed by atoms with Gasteiger partial charge in [-0.05, 0) is 61.3 Å². The van der Waals surface area contributed by atoms with E-state index in [1.807, 2.05) is 12.4 Å². The molecule has 2 bridgehead atoms. The fourth-order valence-corrected chi connectivity index (χ4v) is 4.88. The van der Waals surface area contributed by atoms with Crippen LogP contribution in [0, 0.1) is 23.7 Å². The lowest BCUT2D eigenvalue weighted by atomic mass is 9.60. The smallest absolute Gasteiger partial charge is 0.222 e. The predicted octanol–water partition coefficient (Wildman–Crippen LogP) is 2.24. The highest BCUT2D eigenvalue weighted by molar-refractivity contribution is 5.76. The number of hydrogen-bond donors (Lipinski definition) is 1. The van der Waals surface area contributed by atoms with Crippen LogP contribution >= 0.6 is 0 Å². The molecule has 4 heteroatoms. The van der Waals surface area contributed by atoms with E-state index >= 15 is 0 Å². The van der Waals surface area contributed by atoms with Gasteiger partial charge in [-0.2, -0.15) is 5.10 Å². The summed E-state index contributed by atoms with van der Waals surface area (Å²) in [6, 6.07) is 0. The van der Waals surface area contributed by atoms with Crippen molar-refractivity contribution < 1.29 is 4.79 Å². The van der Waals surface area contributed by atoms with E-state index < -0.39 is 0 Å². The fourth-order valence-electron chi connectivity index (χ4n) is 4.88. The van der Waals surface area contributed by atoms with Crippen molar-refractivity contribution in [3.63, 3.8) is 0 Å². The molecule has 0 aromatic carbocycles. The van der Waals surface area contributed by atoms with Crippen LogP contribution in [0.3, 0.4) is 0 Å². The highest BCUT2D eigenvalue weighted by atomic mass is 16.2. The Kier molecular flexibility index (Phi) is 3.04. The van der Waals surface area contributed by atoms with Gasteiger partial charge in [-0.1, -0.05) is 0 Å². The Hall–Kier alpha value is -1.32. The Balaban J connectivity index is 1.37. The van der Waals surface area contributed by atoms with Crippen LogP contribution in [-0.4, -0.2) is 34.1 Å². The Morgan fingerprint density at radius 1 is 1.20 bits per heavy atom. The minimum Gasteiger partial charge on any atom is -0.342 e. The van der Waals surface area contributed by atoms with Crippen molar-refractivity contribution in [3.8, 4) is 0 Å². The van der Waals surface area contributed by atoms with Crippen LogP contribution in [0.4, 0.5) is 0 Å². The van der Waals surface area contributed by atoms with Gasteiger partial charge in [-0.3, -0.25) is 9.89 Å². The van der Waals surface area contributed by atoms with E-state index in [1.165, 1.54) is 25.7 Å². The maximum Gasteiger partial charge on any atom is 0.222 e. The summed E-state index contributed by atoms with van der Waals surface area (Å²) in [4.78, 5) is 14.6. The first-order valence-electron chi connectivity index (χ1n) is 8.06. The topological polar surface area (TPSA) is 49.0 Å². The molecule has 108 valence electrons. The molecule has 1 saturated heterocycles. The van der Waals surface area contributed by atoms with Gasteiger partial charge >= 0.3 is 0 Å². The number of nitrogens with one attached hydrogen (secondary N) is 1. The van der Waals surface area contributed by atoms with Crippen molar-refractivity contribution in [1.82, 2.24) is 15.1 Å². The van der Waals surface area contributed by atoms with Crippen LogP contribution in [0.1, 0.15) is 37.7 Å². The van der Waals surface area contributed by atoms with Crippen LogP contribution in [0.5, 0.6) is 0 Å². The molecule has 5 rings (SSSR count). The van der Waals surface area contributed by atoms with Gasteiger partial charge in [0.1, 0.15) is 0 Å². The summed E-state index contributed by atoms with van der Waals surface area (Å²) < 4.78 is 0. The molecule has 1 N–H and O–H groups in total. The number of amides is 1. The predicted molar refractivity (Wildman–Crippen MR) is 75.9 cm³/mol. The zero-order chi connectivity index (χ0) is 13.5. The number of fused-ring (bicyclic) bond motifs is 2. The summed E-state index contributed by atoms with van der Waals surface area (Å²) in [6.07, 6.45) is 10.8. The van der Waals surface area contributed by atoms with Gasteiger partial charge < -0.3 is 4.90 Å². The Labute approximate surface area is 119 Å². The Bertz CT molecular complexity index is 456. The second-order valence-corrected chi connectivity index (χ2v) is 6.91. The molecule has 1 aromatic heterocycles. The normalized spacial score (nSPS) is 35.3. The molecule has 4 fully saturated rings. The second kappa shape index (κ2) is 4.90. The molecule has 1 amide bonds. The number of aromatic amines is 1. The maximum absolute atomic E-state index is 12.4. The van der Waals surface area contributed by atoms with E-state index in [2.05, 4.69) is 15.1 Å². The highest BCUT2D eigenvalue weighted by Crippen LogP contribution is 2.51. The zero-order valence-corrected chi connectivity index (χ0v) is 11.9. The first-order valence-corrected chi connectivity index (χ1v) is 8.06. The quantitative estimate of drug-likeness (QED) is 0.918. The molecule has 4 nitrogen and oxygen atoms in total. The van der Waals surface area contributed by atoms with Crippen LogP contribution < -0.4 is 0 Å². The minimum absolute atomic E-state index is 0.347. The molecular formula is C16H23N3O. The number of rotatable bonds is 3. The standard InChI is InChI=1S/C16H23N3O/c20-16(6-1-11-7-17-18-8-11)19-9-14-12-2-3-13(5-4-12)15(14)10-19/h7-8,12-15H,1-6,9-10H2,(H,17,18)/t12?,13?,14-,15+. The first kappa shape index (κ1) is 12.4. The van der Waals surface area contributed by atoms with Gasteiger partial charge in [0, 0.05) is 25.7 Å². The zero-order valence-electron chi connectivity index (χ0n) is 11.9. The van der Waals surface area contributed by atoms with E-state index in [1.54, 1.807) is 0 Å². The molecule has 1 aliphatic heterocycles. The molecular weight excluding hydrogens is 250 g/mol. The summed E-state index contributed by atoms with van der Waals surface area (Å²) in [7, 11) is 0. The molecule has 0 unspecified atom stereocenters. The van der Waals surface area contributed by atoms with E-state index in [-0.39, 0.29) is 0 Å². The monoisotopic (exact) mass is 273 g/mol. The number of carbonyl (C=O) groups is 1. The summed E-state index contributed by atoms with van der Waals surface area (Å²) >= 11 is 0. The molecule has 4 aliphatic rings. The summed E-state index contributed by atoms with van der Waals surface area (Å²) in [5.74, 6) is 3.81. The van der Waals surface area contributed by atoms with E-state index in [0.717, 1.165) is 48.7 Å². The first-order chi connectivity index (χ1) is 9.81. The van der Waals surface area contributed by atoms with Gasteiger partial charge in [0.15, 0.2) is 0 Å². The number of aromatic nitrogens is 2. The Morgan fingerprint density at radius 2 is 1.85 bits per heavy atom. The van der Waals surface area contributed by atoms with Crippen LogP contribution in [0.2, 0.25) is 0 Å². The second-order valence-electron chi connectivity index (χ2n) is 6.91. The largest absolute Gasteiger partial charge is 0.342 e. The minimum atomic E-state index is 0.347. The van der Waals surface area contributed by atoms with Crippen LogP contribution in [0.15, 0.2) is 12.4 Å². The highest BCUT2D eigenvalue weighted by Gasteiger charge is 2.48. The van der Waals surface area contributed by atoms with Gasteiger partial charge in [0.2, 0.25) is 5.91 Å². The number of hydrogen-bond acceptors (Lipinski definition) is 2. The van der Waals surface area contributed by atoms with Crippen LogP contribution in [0.25, 0.3) is 0 Å². The van der Waals surface area contributed by atoms with Crippen molar-refractivity contribution in [3.05, 3.63) is 18.0 Å². The van der Waals surface area contributed by atoms with Crippen molar-refractivity contribution in [1.29, 1.82) is 0 Å². The molecule has 2 heterocycles. The molecule has 3 saturated carbocycles. The van der Waals surface area contributed by atoms with Crippen molar-refractivity contribution >= 4 is 5.91 Å². The fraction of sp³-hybridized carbons (Fsp3) is 0.750. The van der Waals surface area contributed by atoms with Crippen molar-refractivity contribution in [2.75, 3.05) is 13.1 Å². The third-order valence-corrected chi connectivity index (χ3v) is 5.97. The molecule has 20 heavy (non-hydrogen) atoms. The van der Waals surface area contributed by atoms with Gasteiger partial charge in [-0.15, -0.1) is 0 Å². The van der Waals surface area contributed by atoms with Gasteiger partial charge in [0.05, 0.1) is 6.20 Å². The lowest BCUT2D eigenvalue weighted by Crippen LogP contribution is -2.38. The summed E-state index contributed by atoms with van der Waals surface area (Å²) in [5.41, 5.74) is 1.13. The number of carbonyl (C=O) groups excluding carboxylic acids is 1. The maximum atomic E-state index is 12.4. The average molecular weight is 273 g/mol. The number of H-pyrrole nitrogens is 1. The Morgan fingerprint density at radius 3 is 2.40 bits per heavy atom. The van der Waals surface area contributed by atoms with E-state index in [9.17, 15) is 4.79 Å². The van der Waals surface area contributed by atoms with Crippen molar-refractivity contribution in [2.45, 2.75) is 38.5 Å². The lowest BCUT2D eigenvalue weighted by Gasteiger charge is -2.44. The van der Waals surface area contributed by atoms with Gasteiger partial charge in [-0.25, -0.2) is 0 Å².